The first kappa shape index (κ1) is 9.85. The smallest absolute Gasteiger partial charge is 0.382 e. The molecule has 0 unspecified atom stereocenters. The van der Waals surface area contributed by atoms with Crippen LogP contribution in [0.4, 0.5) is 0 Å². The minimum Gasteiger partial charge on any atom is -0.382 e. The zero-order valence-corrected chi connectivity index (χ0v) is 5.61. The Kier molecular flexibility index (Phi) is 15.1. The average Bonchev–Trinajstić information content (AvgIpc) is 1.41. The van der Waals surface area contributed by atoms with Crippen molar-refractivity contribution < 1.29 is 27.1 Å². The van der Waals surface area contributed by atoms with Gasteiger partial charge < -0.3 is 4.74 Å². The Morgan fingerprint density at radius 1 is 1.17 bits per heavy atom. The largest absolute Gasteiger partial charge is 1.00 e. The maximum Gasteiger partial charge on any atom is 1.00 e. The van der Waals surface area contributed by atoms with Crippen LogP contribution >= 0.6 is 0 Å². The quantitative estimate of drug-likeness (QED) is 0.579. The summed E-state index contributed by atoms with van der Waals surface area (Å²) in [4.78, 5) is 0. The molecule has 0 amide bonds. The molecule has 0 spiro atoms. The first-order valence-electron chi connectivity index (χ1n) is 1.99. The summed E-state index contributed by atoms with van der Waals surface area (Å²) >= 11 is 0. The SMILES string of the molecule is CCOCC.[Ag+]. The van der Waals surface area contributed by atoms with Gasteiger partial charge in [0.05, 0.1) is 0 Å². The number of rotatable bonds is 2. The van der Waals surface area contributed by atoms with E-state index in [0.29, 0.717) is 0 Å². The van der Waals surface area contributed by atoms with E-state index in [0.717, 1.165) is 13.2 Å². The van der Waals surface area contributed by atoms with Crippen LogP contribution in [0.3, 0.4) is 0 Å². The topological polar surface area (TPSA) is 9.23 Å². The molecule has 42 valence electrons. The van der Waals surface area contributed by atoms with Crippen LogP contribution in [-0.2, 0) is 27.1 Å². The molecule has 0 atom stereocenters. The summed E-state index contributed by atoms with van der Waals surface area (Å²) in [5.74, 6) is 0. The predicted molar refractivity (Wildman–Crippen MR) is 22.2 cm³/mol. The van der Waals surface area contributed by atoms with Crippen molar-refractivity contribution in [3.8, 4) is 0 Å². The molecule has 0 N–H and O–H groups in total. The van der Waals surface area contributed by atoms with E-state index < -0.39 is 0 Å². The van der Waals surface area contributed by atoms with E-state index in [9.17, 15) is 0 Å². The van der Waals surface area contributed by atoms with Gasteiger partial charge in [0.1, 0.15) is 0 Å². The first-order chi connectivity index (χ1) is 2.41. The van der Waals surface area contributed by atoms with Gasteiger partial charge in [-0.05, 0) is 13.8 Å². The van der Waals surface area contributed by atoms with E-state index in [4.69, 9.17) is 4.74 Å². The van der Waals surface area contributed by atoms with Gasteiger partial charge in [-0.3, -0.25) is 0 Å². The predicted octanol–water partition coefficient (Wildman–Crippen LogP) is 1.04. The summed E-state index contributed by atoms with van der Waals surface area (Å²) in [5, 5.41) is 0. The second-order valence-corrected chi connectivity index (χ2v) is 0.781. The van der Waals surface area contributed by atoms with Gasteiger partial charge in [-0.15, -0.1) is 0 Å². The molecule has 2 heteroatoms. The van der Waals surface area contributed by atoms with Crippen molar-refractivity contribution in [2.45, 2.75) is 13.8 Å². The Labute approximate surface area is 54.6 Å². The molecule has 0 fully saturated rings. The molecular formula is C4H10AgO+. The second kappa shape index (κ2) is 9.20. The van der Waals surface area contributed by atoms with Gasteiger partial charge >= 0.3 is 22.4 Å². The average molecular weight is 182 g/mol. The molecule has 0 heterocycles. The van der Waals surface area contributed by atoms with Gasteiger partial charge in [-0.25, -0.2) is 0 Å². The van der Waals surface area contributed by atoms with Crippen molar-refractivity contribution >= 4 is 0 Å². The summed E-state index contributed by atoms with van der Waals surface area (Å²) in [7, 11) is 0. The first-order valence-corrected chi connectivity index (χ1v) is 1.99. The number of hydrogen-bond acceptors (Lipinski definition) is 1. The standard InChI is InChI=1S/C4H10O.Ag/c1-3-5-4-2;/h3-4H2,1-2H3;/q;+1. The van der Waals surface area contributed by atoms with Crippen LogP contribution < -0.4 is 0 Å². The monoisotopic (exact) mass is 181 g/mol. The molecule has 0 saturated heterocycles. The van der Waals surface area contributed by atoms with Crippen molar-refractivity contribution in [3.63, 3.8) is 0 Å². The van der Waals surface area contributed by atoms with E-state index >= 15 is 0 Å². The van der Waals surface area contributed by atoms with Crippen LogP contribution in [0.15, 0.2) is 0 Å². The number of ether oxygens (including phenoxy) is 1. The van der Waals surface area contributed by atoms with Crippen molar-refractivity contribution in [1.29, 1.82) is 0 Å². The molecule has 0 bridgehead atoms. The van der Waals surface area contributed by atoms with Crippen molar-refractivity contribution in [3.05, 3.63) is 0 Å². The Morgan fingerprint density at radius 2 is 1.50 bits per heavy atom. The normalized spacial score (nSPS) is 7.00. The van der Waals surface area contributed by atoms with Gasteiger partial charge in [0.15, 0.2) is 0 Å². The molecule has 0 aromatic heterocycles. The van der Waals surface area contributed by atoms with Crippen molar-refractivity contribution in [1.82, 2.24) is 0 Å². The van der Waals surface area contributed by atoms with Crippen LogP contribution in [0, 0.1) is 0 Å². The van der Waals surface area contributed by atoms with Gasteiger partial charge in [0.25, 0.3) is 0 Å². The molecular weight excluding hydrogens is 172 g/mol. The van der Waals surface area contributed by atoms with Crippen LogP contribution in [-0.4, -0.2) is 13.2 Å². The molecule has 0 radical (unpaired) electrons. The maximum atomic E-state index is 4.83. The van der Waals surface area contributed by atoms with Crippen LogP contribution in [0.1, 0.15) is 13.8 Å². The molecule has 0 aromatic rings. The summed E-state index contributed by atoms with van der Waals surface area (Å²) in [5.41, 5.74) is 0. The summed E-state index contributed by atoms with van der Waals surface area (Å²) < 4.78 is 4.83. The molecule has 0 rings (SSSR count). The van der Waals surface area contributed by atoms with Crippen LogP contribution in [0.25, 0.3) is 0 Å². The van der Waals surface area contributed by atoms with Crippen molar-refractivity contribution in [2.75, 3.05) is 13.2 Å². The van der Waals surface area contributed by atoms with E-state index in [2.05, 4.69) is 0 Å². The summed E-state index contributed by atoms with van der Waals surface area (Å²) in [6, 6.07) is 0. The molecule has 0 aliphatic carbocycles. The minimum absolute atomic E-state index is 0. The fourth-order valence-electron chi connectivity index (χ4n) is 0.204. The van der Waals surface area contributed by atoms with Crippen molar-refractivity contribution in [2.24, 2.45) is 0 Å². The Balaban J connectivity index is 0. The van der Waals surface area contributed by atoms with E-state index in [-0.39, 0.29) is 22.4 Å². The minimum atomic E-state index is 0. The van der Waals surface area contributed by atoms with E-state index in [1.165, 1.54) is 0 Å². The maximum absolute atomic E-state index is 4.83. The third kappa shape index (κ3) is 8.83. The zero-order chi connectivity index (χ0) is 4.12. The molecule has 0 aromatic carbocycles. The molecule has 6 heavy (non-hydrogen) atoms. The molecule has 0 aliphatic heterocycles. The van der Waals surface area contributed by atoms with Crippen LogP contribution in [0.5, 0.6) is 0 Å². The van der Waals surface area contributed by atoms with Gasteiger partial charge in [0, 0.05) is 13.2 Å². The Bertz CT molecular complexity index is 15.0. The van der Waals surface area contributed by atoms with Gasteiger partial charge in [-0.1, -0.05) is 0 Å². The van der Waals surface area contributed by atoms with Crippen LogP contribution in [0.2, 0.25) is 0 Å². The molecule has 0 aliphatic rings. The third-order valence-electron chi connectivity index (χ3n) is 0.408. The number of hydrogen-bond donors (Lipinski definition) is 0. The van der Waals surface area contributed by atoms with Gasteiger partial charge in [-0.2, -0.15) is 0 Å². The summed E-state index contributed by atoms with van der Waals surface area (Å²) in [6.07, 6.45) is 0. The Morgan fingerprint density at radius 3 is 1.50 bits per heavy atom. The summed E-state index contributed by atoms with van der Waals surface area (Å²) in [6.45, 7) is 5.67. The van der Waals surface area contributed by atoms with E-state index in [1.54, 1.807) is 0 Å². The third-order valence-corrected chi connectivity index (χ3v) is 0.408. The molecule has 1 nitrogen and oxygen atoms in total. The molecule has 0 saturated carbocycles. The fourth-order valence-corrected chi connectivity index (χ4v) is 0.204. The zero-order valence-electron chi connectivity index (χ0n) is 4.12. The van der Waals surface area contributed by atoms with Gasteiger partial charge in [0.2, 0.25) is 0 Å². The van der Waals surface area contributed by atoms with E-state index in [1.807, 2.05) is 13.8 Å². The Hall–Kier alpha value is 0.700. The second-order valence-electron chi connectivity index (χ2n) is 0.781. The fraction of sp³-hybridized carbons (Fsp3) is 1.00.